The van der Waals surface area contributed by atoms with E-state index in [1.807, 2.05) is 66.7 Å². The average Bonchev–Trinajstić information content (AvgIpc) is 3.02. The van der Waals surface area contributed by atoms with Crippen LogP contribution in [0, 0.1) is 5.92 Å². The summed E-state index contributed by atoms with van der Waals surface area (Å²) >= 11 is 0. The first-order valence-corrected chi connectivity index (χ1v) is 14.7. The number of amides is 3. The molecule has 3 aromatic carbocycles. The fourth-order valence-electron chi connectivity index (χ4n) is 4.66. The molecule has 0 aromatic heterocycles. The highest BCUT2D eigenvalue weighted by Crippen LogP contribution is 2.19. The molecule has 0 aliphatic heterocycles. The number of unbranched alkanes of at least 4 members (excludes halogenated alkanes) is 1. The van der Waals surface area contributed by atoms with Crippen LogP contribution in [0.4, 0.5) is 5.69 Å². The zero-order chi connectivity index (χ0) is 31.7. The first-order valence-electron chi connectivity index (χ1n) is 14.7. The van der Waals surface area contributed by atoms with Gasteiger partial charge in [0.2, 0.25) is 11.8 Å². The van der Waals surface area contributed by atoms with Gasteiger partial charge in [-0.2, -0.15) is 0 Å². The number of esters is 1. The van der Waals surface area contributed by atoms with Gasteiger partial charge in [-0.15, -0.1) is 13.2 Å². The third-order valence-electron chi connectivity index (χ3n) is 7.01. The van der Waals surface area contributed by atoms with Crippen molar-refractivity contribution in [2.45, 2.75) is 50.6 Å². The van der Waals surface area contributed by atoms with Crippen molar-refractivity contribution in [1.29, 1.82) is 0 Å². The van der Waals surface area contributed by atoms with Crippen LogP contribution in [0.2, 0.25) is 0 Å². The number of hydrogen-bond donors (Lipinski definition) is 4. The Morgan fingerprint density at radius 1 is 0.864 bits per heavy atom. The van der Waals surface area contributed by atoms with Crippen molar-refractivity contribution in [3.8, 4) is 0 Å². The molecule has 0 spiro atoms. The van der Waals surface area contributed by atoms with E-state index < -0.39 is 41.7 Å². The lowest BCUT2D eigenvalue weighted by Crippen LogP contribution is -2.49. The van der Waals surface area contributed by atoms with Crippen LogP contribution in [0.25, 0.3) is 10.8 Å². The molecular formula is C35H41N3O6. The molecule has 0 unspecified atom stereocenters. The Balaban J connectivity index is 1.68. The third kappa shape index (κ3) is 11.1. The van der Waals surface area contributed by atoms with Crippen LogP contribution in [0.5, 0.6) is 0 Å². The van der Waals surface area contributed by atoms with Gasteiger partial charge >= 0.3 is 5.97 Å². The summed E-state index contributed by atoms with van der Waals surface area (Å²) < 4.78 is 5.35. The van der Waals surface area contributed by atoms with Crippen molar-refractivity contribution in [2.24, 2.45) is 5.92 Å². The van der Waals surface area contributed by atoms with Crippen molar-refractivity contribution in [3.63, 3.8) is 0 Å². The number of anilines is 1. The normalized spacial score (nSPS) is 12.8. The van der Waals surface area contributed by atoms with E-state index in [0.29, 0.717) is 24.9 Å². The molecule has 0 fully saturated rings. The van der Waals surface area contributed by atoms with E-state index in [2.05, 4.69) is 29.1 Å². The lowest BCUT2D eigenvalue weighted by atomic mass is 9.98. The number of nitrogens with one attached hydrogen (secondary N) is 3. The first kappa shape index (κ1) is 33.7. The molecule has 3 aromatic rings. The van der Waals surface area contributed by atoms with Crippen LogP contribution in [-0.4, -0.2) is 54.1 Å². The molecule has 232 valence electrons. The second-order valence-electron chi connectivity index (χ2n) is 10.5. The molecule has 0 radical (unpaired) electrons. The Labute approximate surface area is 258 Å². The average molecular weight is 600 g/mol. The van der Waals surface area contributed by atoms with Crippen LogP contribution < -0.4 is 16.0 Å². The summed E-state index contributed by atoms with van der Waals surface area (Å²) in [5.74, 6) is -2.90. The number of benzene rings is 3. The molecule has 0 bridgehead atoms. The van der Waals surface area contributed by atoms with Gasteiger partial charge in [-0.3, -0.25) is 19.2 Å². The van der Waals surface area contributed by atoms with E-state index in [1.54, 1.807) is 12.1 Å². The molecule has 0 saturated carbocycles. The molecule has 0 aliphatic rings. The number of fused-ring (bicyclic) bond motifs is 1. The summed E-state index contributed by atoms with van der Waals surface area (Å²) in [6, 6.07) is 20.8. The van der Waals surface area contributed by atoms with E-state index >= 15 is 0 Å². The molecule has 4 N–H and O–H groups in total. The molecule has 3 amide bonds. The minimum atomic E-state index is -1.21. The van der Waals surface area contributed by atoms with E-state index in [4.69, 9.17) is 4.74 Å². The number of aliphatic hydroxyl groups is 1. The SMILES string of the molecule is C=CCCCC(=O)OC[C@H](NC(=O)[C@H](CC=C)CC(=O)N[C@@H](CO)Cc1ccccc1)C(=O)Nc1ccc2ccccc2c1. The Hall–Kier alpha value is -4.76. The molecule has 0 saturated heterocycles. The maximum absolute atomic E-state index is 13.4. The number of ether oxygens (including phenoxy) is 1. The van der Waals surface area contributed by atoms with Crippen LogP contribution in [0.3, 0.4) is 0 Å². The maximum Gasteiger partial charge on any atom is 0.305 e. The van der Waals surface area contributed by atoms with Gasteiger partial charge in [-0.1, -0.05) is 72.8 Å². The molecule has 3 atom stereocenters. The highest BCUT2D eigenvalue weighted by Gasteiger charge is 2.28. The fourth-order valence-corrected chi connectivity index (χ4v) is 4.66. The van der Waals surface area contributed by atoms with Gasteiger partial charge in [0.05, 0.1) is 18.6 Å². The molecule has 44 heavy (non-hydrogen) atoms. The summed E-state index contributed by atoms with van der Waals surface area (Å²) in [5.41, 5.74) is 1.47. The van der Waals surface area contributed by atoms with Gasteiger partial charge in [0.1, 0.15) is 12.6 Å². The largest absolute Gasteiger partial charge is 0.463 e. The smallest absolute Gasteiger partial charge is 0.305 e. The zero-order valence-electron chi connectivity index (χ0n) is 24.9. The predicted molar refractivity (Wildman–Crippen MR) is 172 cm³/mol. The Bertz CT molecular complexity index is 1420. The van der Waals surface area contributed by atoms with Crippen LogP contribution >= 0.6 is 0 Å². The number of carbonyl (C=O) groups is 4. The van der Waals surface area contributed by atoms with Gasteiger partial charge in [0.15, 0.2) is 0 Å². The van der Waals surface area contributed by atoms with Gasteiger partial charge in [0.25, 0.3) is 5.91 Å². The Morgan fingerprint density at radius 3 is 2.30 bits per heavy atom. The molecule has 9 nitrogen and oxygen atoms in total. The maximum atomic E-state index is 13.4. The van der Waals surface area contributed by atoms with Crippen molar-refractivity contribution < 1.29 is 29.0 Å². The standard InChI is InChI=1S/C35H41N3O6/c1-3-5-7-17-33(41)44-24-31(35(43)37-29-19-18-26-15-10-11-16-27(26)21-29)38-34(42)28(12-4-2)22-32(40)36-30(23-39)20-25-13-8-6-9-14-25/h3-4,6,8-11,13-16,18-19,21,28,30-31,39H,1-2,5,7,12,17,20,22-24H2,(H,36,40)(H,37,43)(H,38,42)/t28-,30-,31+/m1/s1. The first-order chi connectivity index (χ1) is 21.3. The van der Waals surface area contributed by atoms with Crippen LogP contribution in [0.1, 0.15) is 37.7 Å². The number of aliphatic hydroxyl groups excluding tert-OH is 1. The van der Waals surface area contributed by atoms with Crippen molar-refractivity contribution >= 4 is 40.2 Å². The molecule has 0 heterocycles. The van der Waals surface area contributed by atoms with E-state index in [9.17, 15) is 24.3 Å². The van der Waals surface area contributed by atoms with Gasteiger partial charge < -0.3 is 25.8 Å². The predicted octanol–water partition coefficient (Wildman–Crippen LogP) is 4.46. The quantitative estimate of drug-likeness (QED) is 0.0969. The van der Waals surface area contributed by atoms with Crippen molar-refractivity contribution in [3.05, 3.63) is 104 Å². The van der Waals surface area contributed by atoms with Crippen molar-refractivity contribution in [2.75, 3.05) is 18.5 Å². The summed E-state index contributed by atoms with van der Waals surface area (Å²) in [5, 5.41) is 20.0. The summed E-state index contributed by atoms with van der Waals surface area (Å²) in [6.07, 6.45) is 4.97. The molecule has 9 heteroatoms. The lowest BCUT2D eigenvalue weighted by Gasteiger charge is -2.23. The minimum absolute atomic E-state index is 0.146. The molecule has 0 aliphatic carbocycles. The van der Waals surface area contributed by atoms with Gasteiger partial charge in [0, 0.05) is 18.5 Å². The Kier molecular flexibility index (Phi) is 13.8. The van der Waals surface area contributed by atoms with Gasteiger partial charge in [-0.25, -0.2) is 0 Å². The van der Waals surface area contributed by atoms with Crippen LogP contribution in [-0.2, 0) is 30.3 Å². The topological polar surface area (TPSA) is 134 Å². The summed E-state index contributed by atoms with van der Waals surface area (Å²) in [7, 11) is 0. The Morgan fingerprint density at radius 2 is 1.59 bits per heavy atom. The number of hydrogen-bond acceptors (Lipinski definition) is 6. The second-order valence-corrected chi connectivity index (χ2v) is 10.5. The monoisotopic (exact) mass is 599 g/mol. The number of rotatable bonds is 18. The summed E-state index contributed by atoms with van der Waals surface area (Å²) in [4.78, 5) is 52.0. The third-order valence-corrected chi connectivity index (χ3v) is 7.01. The van der Waals surface area contributed by atoms with Gasteiger partial charge in [-0.05, 0) is 54.2 Å². The molecule has 3 rings (SSSR count). The zero-order valence-corrected chi connectivity index (χ0v) is 24.9. The lowest BCUT2D eigenvalue weighted by molar-refractivity contribution is -0.146. The molecular weight excluding hydrogens is 558 g/mol. The van der Waals surface area contributed by atoms with E-state index in [0.717, 1.165) is 16.3 Å². The minimum Gasteiger partial charge on any atom is -0.463 e. The number of allylic oxidation sites excluding steroid dienone is 2. The highest BCUT2D eigenvalue weighted by molar-refractivity contribution is 5.99. The van der Waals surface area contributed by atoms with Crippen LogP contribution in [0.15, 0.2) is 98.1 Å². The number of carbonyl (C=O) groups excluding carboxylic acids is 4. The van der Waals surface area contributed by atoms with Crippen molar-refractivity contribution in [1.82, 2.24) is 10.6 Å². The highest BCUT2D eigenvalue weighted by atomic mass is 16.5. The second kappa shape index (κ2) is 18.0. The fraction of sp³-hybridized carbons (Fsp3) is 0.314. The van der Waals surface area contributed by atoms with E-state index in [1.165, 1.54) is 6.08 Å². The van der Waals surface area contributed by atoms with E-state index in [-0.39, 0.29) is 32.5 Å². The summed E-state index contributed by atoms with van der Waals surface area (Å²) in [6.45, 7) is 6.69.